The van der Waals surface area contributed by atoms with Crippen LogP contribution in [0.2, 0.25) is 0 Å². The molecule has 12 heteroatoms. The fourth-order valence-electron chi connectivity index (χ4n) is 5.21. The summed E-state index contributed by atoms with van der Waals surface area (Å²) < 4.78 is 5.26. The molecule has 0 saturated carbocycles. The normalized spacial score (nSPS) is 17.2. The summed E-state index contributed by atoms with van der Waals surface area (Å²) in [7, 11) is 1.35. The molecular formula is C30H34N6O6. The number of nitrogens with zero attached hydrogens (tertiary/aromatic N) is 4. The number of hydrogen-bond donors (Lipinski definition) is 3. The van der Waals surface area contributed by atoms with Crippen LogP contribution in [0.15, 0.2) is 65.3 Å². The first kappa shape index (κ1) is 28.7. The molecule has 42 heavy (non-hydrogen) atoms. The fourth-order valence-corrected chi connectivity index (χ4v) is 5.21. The molecule has 0 aliphatic carbocycles. The van der Waals surface area contributed by atoms with E-state index in [4.69, 9.17) is 4.42 Å². The first-order valence-electron chi connectivity index (χ1n) is 13.8. The van der Waals surface area contributed by atoms with Crippen LogP contribution in [0.5, 0.6) is 0 Å². The molecule has 0 bridgehead atoms. The van der Waals surface area contributed by atoms with Gasteiger partial charge in [-0.15, -0.1) is 0 Å². The van der Waals surface area contributed by atoms with Gasteiger partial charge in [0.25, 0.3) is 11.8 Å². The highest BCUT2D eigenvalue weighted by atomic mass is 16.3. The number of rotatable bonds is 9. The lowest BCUT2D eigenvalue weighted by molar-refractivity contribution is -0.142. The number of hydrogen-bond acceptors (Lipinski definition) is 8. The van der Waals surface area contributed by atoms with Crippen molar-refractivity contribution in [2.24, 2.45) is 0 Å². The molecule has 3 N–H and O–H groups in total. The number of aliphatic hydroxyl groups is 1. The molecule has 2 fully saturated rings. The van der Waals surface area contributed by atoms with Crippen molar-refractivity contribution in [3.63, 3.8) is 0 Å². The van der Waals surface area contributed by atoms with Gasteiger partial charge < -0.3 is 30.0 Å². The first-order valence-corrected chi connectivity index (χ1v) is 13.8. The quantitative estimate of drug-likeness (QED) is 0.260. The second-order valence-corrected chi connectivity index (χ2v) is 10.3. The Morgan fingerprint density at radius 1 is 0.929 bits per heavy atom. The Labute approximate surface area is 243 Å². The average molecular weight is 575 g/mol. The summed E-state index contributed by atoms with van der Waals surface area (Å²) in [6.45, 7) is 5.47. The molecule has 2 aliphatic rings. The summed E-state index contributed by atoms with van der Waals surface area (Å²) in [6, 6.07) is 16.7. The number of benzene rings is 2. The molecule has 1 aromatic heterocycles. The maximum atomic E-state index is 13.0. The largest absolute Gasteiger partial charge is 0.459 e. The molecule has 5 rings (SSSR count). The van der Waals surface area contributed by atoms with Crippen LogP contribution in [-0.2, 0) is 9.59 Å². The van der Waals surface area contributed by atoms with Gasteiger partial charge in [-0.1, -0.05) is 18.2 Å². The van der Waals surface area contributed by atoms with Crippen molar-refractivity contribution >= 4 is 40.7 Å². The number of likely N-dealkylation sites (N-methyl/N-ethyl adjacent to an activating group) is 1. The van der Waals surface area contributed by atoms with Gasteiger partial charge in [0.15, 0.2) is 5.76 Å². The van der Waals surface area contributed by atoms with Gasteiger partial charge in [0.05, 0.1) is 17.6 Å². The van der Waals surface area contributed by atoms with E-state index in [2.05, 4.69) is 39.5 Å². The lowest BCUT2D eigenvalue weighted by Crippen LogP contribution is -2.47. The molecule has 1 unspecified atom stereocenters. The van der Waals surface area contributed by atoms with E-state index in [0.29, 0.717) is 17.7 Å². The highest BCUT2D eigenvalue weighted by Gasteiger charge is 2.41. The van der Waals surface area contributed by atoms with Crippen molar-refractivity contribution in [3.8, 4) is 0 Å². The summed E-state index contributed by atoms with van der Waals surface area (Å²) >= 11 is 0. The van der Waals surface area contributed by atoms with E-state index >= 15 is 0 Å². The fraction of sp³-hybridized carbons (Fsp3) is 0.333. The molecule has 12 nitrogen and oxygen atoms in total. The monoisotopic (exact) mass is 574 g/mol. The summed E-state index contributed by atoms with van der Waals surface area (Å²) in [4.78, 5) is 56.2. The standard InChI is InChI=1S/C30H34N6O6/c1-20-7-3-4-8-23(20)34-14-16-35(17-15-34)24-11-10-21(19-22(24)32-27(38)25-9-5-18-42-25)26(37)31-12-6-13-36-29(40)28(39)33(2)30(36)41/h3-5,7-11,18-19,30,41H,6,12-17H2,1-2H3,(H,31,37)(H,32,38). The average Bonchev–Trinajstić information content (AvgIpc) is 3.61. The van der Waals surface area contributed by atoms with Gasteiger partial charge in [-0.2, -0.15) is 0 Å². The summed E-state index contributed by atoms with van der Waals surface area (Å²) in [5.74, 6) is -2.18. The lowest BCUT2D eigenvalue weighted by atomic mass is 10.1. The van der Waals surface area contributed by atoms with Gasteiger partial charge >= 0.3 is 11.8 Å². The Bertz CT molecular complexity index is 1470. The Hall–Kier alpha value is -4.84. The van der Waals surface area contributed by atoms with Gasteiger partial charge in [0.1, 0.15) is 0 Å². The Morgan fingerprint density at radius 2 is 1.64 bits per heavy atom. The number of aliphatic hydroxyl groups excluding tert-OH is 1. The highest BCUT2D eigenvalue weighted by Crippen LogP contribution is 2.30. The second kappa shape index (κ2) is 12.4. The number of piperazine rings is 1. The minimum atomic E-state index is -1.31. The molecule has 1 atom stereocenters. The van der Waals surface area contributed by atoms with Crippen molar-refractivity contribution in [2.75, 3.05) is 61.4 Å². The smallest absolute Gasteiger partial charge is 0.315 e. The number of amides is 4. The van der Waals surface area contributed by atoms with Crippen molar-refractivity contribution < 1.29 is 28.7 Å². The predicted molar refractivity (Wildman–Crippen MR) is 156 cm³/mol. The van der Waals surface area contributed by atoms with E-state index in [1.807, 2.05) is 18.2 Å². The SMILES string of the molecule is Cc1ccccc1N1CCN(c2ccc(C(=O)NCCCN3C(=O)C(=O)N(C)C3O)cc2NC(=O)c2ccco2)CC1. The molecule has 2 aliphatic heterocycles. The van der Waals surface area contributed by atoms with E-state index in [1.165, 1.54) is 24.6 Å². The third-order valence-electron chi connectivity index (χ3n) is 7.58. The third-order valence-corrected chi connectivity index (χ3v) is 7.58. The molecule has 0 radical (unpaired) electrons. The van der Waals surface area contributed by atoms with E-state index in [-0.39, 0.29) is 24.8 Å². The van der Waals surface area contributed by atoms with Gasteiger partial charge in [-0.05, 0) is 55.3 Å². The minimum Gasteiger partial charge on any atom is -0.459 e. The third kappa shape index (κ3) is 5.93. The van der Waals surface area contributed by atoms with Crippen molar-refractivity contribution in [1.82, 2.24) is 15.1 Å². The van der Waals surface area contributed by atoms with Crippen LogP contribution < -0.4 is 20.4 Å². The van der Waals surface area contributed by atoms with E-state index in [1.54, 1.807) is 24.3 Å². The molecule has 220 valence electrons. The first-order chi connectivity index (χ1) is 20.2. The molecule has 3 heterocycles. The summed E-state index contributed by atoms with van der Waals surface area (Å²) in [6.07, 6.45) is 0.445. The number of nitrogens with one attached hydrogen (secondary N) is 2. The van der Waals surface area contributed by atoms with Crippen molar-refractivity contribution in [1.29, 1.82) is 0 Å². The minimum absolute atomic E-state index is 0.105. The molecule has 2 saturated heterocycles. The Balaban J connectivity index is 1.26. The molecule has 2 aromatic carbocycles. The van der Waals surface area contributed by atoms with Crippen LogP contribution in [-0.4, -0.2) is 91.2 Å². The number of carbonyl (C=O) groups is 4. The lowest BCUT2D eigenvalue weighted by Gasteiger charge is -2.38. The molecule has 0 spiro atoms. The molecule has 3 aromatic rings. The number of carbonyl (C=O) groups excluding carboxylic acids is 4. The zero-order chi connectivity index (χ0) is 29.8. The van der Waals surface area contributed by atoms with Crippen LogP contribution in [0.1, 0.15) is 32.9 Å². The number of furan rings is 1. The maximum absolute atomic E-state index is 13.0. The van der Waals surface area contributed by atoms with Crippen LogP contribution in [0, 0.1) is 6.92 Å². The van der Waals surface area contributed by atoms with Gasteiger partial charge in [0, 0.05) is 57.6 Å². The van der Waals surface area contributed by atoms with Gasteiger partial charge in [-0.25, -0.2) is 0 Å². The number of aryl methyl sites for hydroxylation is 1. The molecular weight excluding hydrogens is 540 g/mol. The van der Waals surface area contributed by atoms with Crippen LogP contribution >= 0.6 is 0 Å². The zero-order valence-corrected chi connectivity index (χ0v) is 23.6. The zero-order valence-electron chi connectivity index (χ0n) is 23.6. The van der Waals surface area contributed by atoms with E-state index < -0.39 is 24.1 Å². The van der Waals surface area contributed by atoms with Gasteiger partial charge in [-0.3, -0.25) is 29.0 Å². The summed E-state index contributed by atoms with van der Waals surface area (Å²) in [5.41, 5.74) is 4.06. The van der Waals surface area contributed by atoms with Crippen LogP contribution in [0.25, 0.3) is 0 Å². The van der Waals surface area contributed by atoms with Crippen LogP contribution in [0.3, 0.4) is 0 Å². The highest BCUT2D eigenvalue weighted by molar-refractivity contribution is 6.36. The Morgan fingerprint density at radius 3 is 2.29 bits per heavy atom. The van der Waals surface area contributed by atoms with Gasteiger partial charge in [0.2, 0.25) is 6.35 Å². The topological polar surface area (TPSA) is 139 Å². The molecule has 4 amide bonds. The summed E-state index contributed by atoms with van der Waals surface area (Å²) in [5, 5.41) is 15.8. The predicted octanol–water partition coefficient (Wildman–Crippen LogP) is 1.86. The van der Waals surface area contributed by atoms with Crippen molar-refractivity contribution in [3.05, 3.63) is 77.7 Å². The van der Waals surface area contributed by atoms with Crippen molar-refractivity contribution in [2.45, 2.75) is 19.7 Å². The maximum Gasteiger partial charge on any atom is 0.315 e. The van der Waals surface area contributed by atoms with Crippen LogP contribution in [0.4, 0.5) is 17.1 Å². The second-order valence-electron chi connectivity index (χ2n) is 10.3. The Kier molecular flexibility index (Phi) is 8.43. The number of anilines is 3. The van der Waals surface area contributed by atoms with E-state index in [9.17, 15) is 24.3 Å². The van der Waals surface area contributed by atoms with E-state index in [0.717, 1.165) is 41.7 Å². The number of para-hydroxylation sites is 1.